The van der Waals surface area contributed by atoms with Gasteiger partial charge in [-0.1, -0.05) is 6.92 Å². The highest BCUT2D eigenvalue weighted by molar-refractivity contribution is 5.28. The summed E-state index contributed by atoms with van der Waals surface area (Å²) in [5.41, 5.74) is 0. The van der Waals surface area contributed by atoms with Crippen molar-refractivity contribution in [3.63, 3.8) is 0 Å². The summed E-state index contributed by atoms with van der Waals surface area (Å²) in [6.45, 7) is 7.55. The quantitative estimate of drug-likeness (QED) is 0.662. The Morgan fingerprint density at radius 2 is 1.79 bits per heavy atom. The maximum Gasteiger partial charge on any atom is 0.228 e. The molecule has 0 bridgehead atoms. The van der Waals surface area contributed by atoms with Crippen molar-refractivity contribution >= 4 is 5.95 Å². The lowest BCUT2D eigenvalue weighted by Crippen LogP contribution is -2.46. The molecule has 0 N–H and O–H groups in total. The summed E-state index contributed by atoms with van der Waals surface area (Å²) >= 11 is 0. The molecule has 0 aliphatic carbocycles. The molecule has 0 radical (unpaired) electrons. The second-order valence-electron chi connectivity index (χ2n) is 3.36. The SMILES string of the molecule is CCN1CCN(c2ncncn2)CC1. The first-order chi connectivity index (χ1) is 6.90. The zero-order chi connectivity index (χ0) is 9.80. The Morgan fingerprint density at radius 1 is 1.14 bits per heavy atom. The molecular weight excluding hydrogens is 178 g/mol. The number of hydrogen-bond donors (Lipinski definition) is 0. The van der Waals surface area contributed by atoms with Crippen molar-refractivity contribution in [3.05, 3.63) is 12.7 Å². The van der Waals surface area contributed by atoms with Gasteiger partial charge < -0.3 is 9.80 Å². The molecule has 1 aromatic heterocycles. The van der Waals surface area contributed by atoms with Crippen LogP contribution in [0.3, 0.4) is 0 Å². The molecule has 1 fully saturated rings. The highest BCUT2D eigenvalue weighted by atomic mass is 15.3. The molecule has 2 rings (SSSR count). The number of piperazine rings is 1. The molecule has 1 aromatic rings. The van der Waals surface area contributed by atoms with Gasteiger partial charge in [-0.05, 0) is 6.54 Å². The number of nitrogens with zero attached hydrogens (tertiary/aromatic N) is 5. The second-order valence-corrected chi connectivity index (χ2v) is 3.36. The Morgan fingerprint density at radius 3 is 2.36 bits per heavy atom. The van der Waals surface area contributed by atoms with Crippen LogP contribution in [-0.2, 0) is 0 Å². The maximum atomic E-state index is 4.14. The number of likely N-dealkylation sites (N-methyl/N-ethyl adjacent to an activating group) is 1. The molecule has 0 aromatic carbocycles. The Hall–Kier alpha value is -1.23. The summed E-state index contributed by atoms with van der Waals surface area (Å²) in [6.07, 6.45) is 3.10. The Kier molecular flexibility index (Phi) is 2.88. The van der Waals surface area contributed by atoms with E-state index in [2.05, 4.69) is 31.7 Å². The highest BCUT2D eigenvalue weighted by Crippen LogP contribution is 2.08. The van der Waals surface area contributed by atoms with E-state index in [1.165, 1.54) is 0 Å². The molecule has 0 atom stereocenters. The largest absolute Gasteiger partial charge is 0.338 e. The maximum absolute atomic E-state index is 4.14. The van der Waals surface area contributed by atoms with Crippen LogP contribution < -0.4 is 4.90 Å². The van der Waals surface area contributed by atoms with Gasteiger partial charge in [0.15, 0.2) is 0 Å². The zero-order valence-electron chi connectivity index (χ0n) is 8.43. The first kappa shape index (κ1) is 9.33. The van der Waals surface area contributed by atoms with Gasteiger partial charge in [0.25, 0.3) is 0 Å². The van der Waals surface area contributed by atoms with E-state index in [0.29, 0.717) is 0 Å². The predicted octanol–water partition coefficient (Wildman–Crippen LogP) is 0.0135. The fraction of sp³-hybridized carbons (Fsp3) is 0.667. The Bertz CT molecular complexity index is 268. The van der Waals surface area contributed by atoms with Crippen molar-refractivity contribution in [2.75, 3.05) is 37.6 Å². The number of hydrogen-bond acceptors (Lipinski definition) is 5. The molecule has 1 aliphatic rings. The fourth-order valence-electron chi connectivity index (χ4n) is 1.66. The summed E-state index contributed by atoms with van der Waals surface area (Å²) in [5, 5.41) is 0. The van der Waals surface area contributed by atoms with E-state index in [4.69, 9.17) is 0 Å². The van der Waals surface area contributed by atoms with Crippen molar-refractivity contribution in [2.24, 2.45) is 0 Å². The molecule has 1 saturated heterocycles. The Labute approximate surface area is 83.8 Å². The monoisotopic (exact) mass is 193 g/mol. The molecular formula is C9H15N5. The third-order valence-electron chi connectivity index (χ3n) is 2.58. The van der Waals surface area contributed by atoms with E-state index >= 15 is 0 Å². The average molecular weight is 193 g/mol. The van der Waals surface area contributed by atoms with Crippen molar-refractivity contribution in [1.82, 2.24) is 19.9 Å². The third-order valence-corrected chi connectivity index (χ3v) is 2.58. The van der Waals surface area contributed by atoms with Crippen LogP contribution >= 0.6 is 0 Å². The molecule has 5 heteroatoms. The van der Waals surface area contributed by atoms with Crippen molar-refractivity contribution in [1.29, 1.82) is 0 Å². The first-order valence-corrected chi connectivity index (χ1v) is 4.99. The standard InChI is InChI=1S/C9H15N5/c1-2-13-3-5-14(6-4-13)9-11-7-10-8-12-9/h7-8H,2-6H2,1H3. The van der Waals surface area contributed by atoms with Crippen LogP contribution in [0.4, 0.5) is 5.95 Å². The van der Waals surface area contributed by atoms with Gasteiger partial charge in [-0.15, -0.1) is 0 Å². The van der Waals surface area contributed by atoms with E-state index in [1.807, 2.05) is 0 Å². The summed E-state index contributed by atoms with van der Waals surface area (Å²) in [5.74, 6) is 0.802. The number of rotatable bonds is 2. The van der Waals surface area contributed by atoms with E-state index < -0.39 is 0 Å². The summed E-state index contributed by atoms with van der Waals surface area (Å²) < 4.78 is 0. The molecule has 1 aliphatic heterocycles. The summed E-state index contributed by atoms with van der Waals surface area (Å²) in [7, 11) is 0. The molecule has 5 nitrogen and oxygen atoms in total. The minimum Gasteiger partial charge on any atom is -0.338 e. The predicted molar refractivity (Wildman–Crippen MR) is 54.2 cm³/mol. The zero-order valence-corrected chi connectivity index (χ0v) is 8.43. The van der Waals surface area contributed by atoms with Gasteiger partial charge in [0.05, 0.1) is 0 Å². The molecule has 76 valence electrons. The minimum atomic E-state index is 0.802. The van der Waals surface area contributed by atoms with Crippen molar-refractivity contribution in [3.8, 4) is 0 Å². The van der Waals surface area contributed by atoms with Gasteiger partial charge in [-0.2, -0.15) is 0 Å². The smallest absolute Gasteiger partial charge is 0.228 e. The van der Waals surface area contributed by atoms with Crippen LogP contribution in [0.2, 0.25) is 0 Å². The molecule has 2 heterocycles. The minimum absolute atomic E-state index is 0.802. The van der Waals surface area contributed by atoms with Crippen molar-refractivity contribution in [2.45, 2.75) is 6.92 Å². The summed E-state index contributed by atoms with van der Waals surface area (Å²) in [4.78, 5) is 16.7. The number of aromatic nitrogens is 3. The molecule has 14 heavy (non-hydrogen) atoms. The molecule has 0 spiro atoms. The van der Waals surface area contributed by atoms with Crippen LogP contribution in [0.1, 0.15) is 6.92 Å². The van der Waals surface area contributed by atoms with Crippen LogP contribution in [0, 0.1) is 0 Å². The van der Waals surface area contributed by atoms with Gasteiger partial charge >= 0.3 is 0 Å². The van der Waals surface area contributed by atoms with E-state index in [0.717, 1.165) is 38.7 Å². The average Bonchev–Trinajstić information content (AvgIpc) is 2.30. The van der Waals surface area contributed by atoms with Crippen molar-refractivity contribution < 1.29 is 0 Å². The van der Waals surface area contributed by atoms with Gasteiger partial charge in [0.1, 0.15) is 12.7 Å². The summed E-state index contributed by atoms with van der Waals surface area (Å²) in [6, 6.07) is 0. The normalized spacial score (nSPS) is 18.5. The van der Waals surface area contributed by atoms with Crippen LogP contribution in [-0.4, -0.2) is 52.6 Å². The topological polar surface area (TPSA) is 45.2 Å². The first-order valence-electron chi connectivity index (χ1n) is 4.99. The number of anilines is 1. The van der Waals surface area contributed by atoms with E-state index in [-0.39, 0.29) is 0 Å². The molecule has 0 unspecified atom stereocenters. The lowest BCUT2D eigenvalue weighted by atomic mass is 10.3. The van der Waals surface area contributed by atoms with E-state index in [9.17, 15) is 0 Å². The fourth-order valence-corrected chi connectivity index (χ4v) is 1.66. The van der Waals surface area contributed by atoms with E-state index in [1.54, 1.807) is 12.7 Å². The molecule has 0 saturated carbocycles. The van der Waals surface area contributed by atoms with Gasteiger partial charge in [0, 0.05) is 26.2 Å². The van der Waals surface area contributed by atoms with Gasteiger partial charge in [-0.3, -0.25) is 0 Å². The lowest BCUT2D eigenvalue weighted by molar-refractivity contribution is 0.270. The van der Waals surface area contributed by atoms with Crippen LogP contribution in [0.25, 0.3) is 0 Å². The Balaban J connectivity index is 1.96. The highest BCUT2D eigenvalue weighted by Gasteiger charge is 2.16. The second kappa shape index (κ2) is 4.32. The third kappa shape index (κ3) is 1.98. The van der Waals surface area contributed by atoms with Gasteiger partial charge in [-0.25, -0.2) is 15.0 Å². The molecule has 0 amide bonds. The van der Waals surface area contributed by atoms with Gasteiger partial charge in [0.2, 0.25) is 5.95 Å². The van der Waals surface area contributed by atoms with Crippen LogP contribution in [0.15, 0.2) is 12.7 Å². The van der Waals surface area contributed by atoms with Crippen LogP contribution in [0.5, 0.6) is 0 Å². The lowest BCUT2D eigenvalue weighted by Gasteiger charge is -2.33.